The van der Waals surface area contributed by atoms with E-state index in [0.29, 0.717) is 19.0 Å². The molecule has 1 saturated carbocycles. The molecule has 2 unspecified atom stereocenters. The zero-order chi connectivity index (χ0) is 23.9. The summed E-state index contributed by atoms with van der Waals surface area (Å²) in [6.45, 7) is 12.6. The monoisotopic (exact) mass is 447 g/mol. The van der Waals surface area contributed by atoms with E-state index >= 15 is 0 Å². The molecule has 0 amide bonds. The number of fused-ring (bicyclic) bond motifs is 1. The summed E-state index contributed by atoms with van der Waals surface area (Å²) in [6.07, 6.45) is 7.21. The number of rotatable bonds is 10. The summed E-state index contributed by atoms with van der Waals surface area (Å²) in [5, 5.41) is 8.63. The number of nitrogens with zero attached hydrogens (tertiary/aromatic N) is 1. The Morgan fingerprint density at radius 3 is 2.12 bits per heavy atom. The number of hydrogen-bond donors (Lipinski definition) is 1. The topological polar surface area (TPSA) is 77.4 Å². The molecule has 1 aliphatic carbocycles. The second-order valence-electron chi connectivity index (χ2n) is 8.03. The van der Waals surface area contributed by atoms with Gasteiger partial charge in [0, 0.05) is 5.41 Å². The zero-order valence-electron chi connectivity index (χ0n) is 18.8. The summed E-state index contributed by atoms with van der Waals surface area (Å²) in [4.78, 5) is 15.4. The van der Waals surface area contributed by atoms with E-state index in [1.165, 1.54) is 0 Å². The van der Waals surface area contributed by atoms with Crippen molar-refractivity contribution in [1.82, 2.24) is 0 Å². The molecule has 2 atom stereocenters. The van der Waals surface area contributed by atoms with Crippen LogP contribution in [-0.4, -0.2) is 35.5 Å². The second kappa shape index (κ2) is 10.2. The number of hydrogen-bond acceptors (Lipinski definition) is 5. The maximum Gasteiger partial charge on any atom is 0.341 e. The highest BCUT2D eigenvalue weighted by atomic mass is 16.5. The highest BCUT2D eigenvalue weighted by Gasteiger charge is 2.62. The molecule has 172 valence electrons. The molecule has 1 fully saturated rings. The Morgan fingerprint density at radius 1 is 1.00 bits per heavy atom. The largest absolute Gasteiger partial charge is 0.489 e. The highest BCUT2D eigenvalue weighted by molar-refractivity contribution is 5.98. The number of aliphatic carboxylic acids is 1. The quantitative estimate of drug-likeness (QED) is 0.503. The van der Waals surface area contributed by atoms with Gasteiger partial charge in [0.05, 0.1) is 11.3 Å². The minimum atomic E-state index is -1.00. The number of carbonyl (C=O) groups is 1. The Kier molecular flexibility index (Phi) is 7.38. The molecule has 0 radical (unpaired) electrons. The fourth-order valence-electron chi connectivity index (χ4n) is 3.67. The van der Waals surface area contributed by atoms with Gasteiger partial charge in [0.15, 0.2) is 6.61 Å². The maximum atomic E-state index is 10.5. The number of ether oxygens (including phenoxy) is 3. The average Bonchev–Trinajstić information content (AvgIpc) is 3.48. The molecule has 6 nitrogen and oxygen atoms in total. The average molecular weight is 448 g/mol. The number of dihydropyridines is 1. The van der Waals surface area contributed by atoms with Gasteiger partial charge in [0.25, 0.3) is 0 Å². The molecular formula is C27H29NO5. The third-order valence-electron chi connectivity index (χ3n) is 5.73. The summed E-state index contributed by atoms with van der Waals surface area (Å²) in [5.74, 6) is 0.984. The van der Waals surface area contributed by atoms with Gasteiger partial charge >= 0.3 is 5.97 Å². The Labute approximate surface area is 194 Å². The molecule has 2 aromatic carbocycles. The number of carboxylic acid groups (broad SMARTS) is 1. The number of benzene rings is 2. The van der Waals surface area contributed by atoms with E-state index in [1.54, 1.807) is 12.1 Å². The van der Waals surface area contributed by atoms with Crippen molar-refractivity contribution in [2.75, 3.05) is 13.2 Å². The highest BCUT2D eigenvalue weighted by Crippen LogP contribution is 2.62. The molecule has 0 spiro atoms. The molecule has 0 aromatic heterocycles. The van der Waals surface area contributed by atoms with E-state index in [2.05, 4.69) is 32.7 Å². The summed E-state index contributed by atoms with van der Waals surface area (Å²) in [5.41, 5.74) is 1.83. The van der Waals surface area contributed by atoms with Crippen LogP contribution in [0.1, 0.15) is 18.9 Å². The van der Waals surface area contributed by atoms with E-state index in [0.717, 1.165) is 29.2 Å². The maximum absolute atomic E-state index is 10.5. The molecule has 0 saturated heterocycles. The van der Waals surface area contributed by atoms with E-state index in [9.17, 15) is 4.79 Å². The Morgan fingerprint density at radius 2 is 1.55 bits per heavy atom. The van der Waals surface area contributed by atoms with Gasteiger partial charge in [0.1, 0.15) is 30.5 Å². The predicted molar refractivity (Wildman–Crippen MR) is 129 cm³/mol. The molecule has 1 N–H and O–H groups in total. The second-order valence-corrected chi connectivity index (χ2v) is 8.03. The third-order valence-corrected chi connectivity index (χ3v) is 5.73. The summed E-state index contributed by atoms with van der Waals surface area (Å²) in [7, 11) is 0. The van der Waals surface area contributed by atoms with Crippen molar-refractivity contribution >= 4 is 11.7 Å². The fourth-order valence-corrected chi connectivity index (χ4v) is 3.67. The van der Waals surface area contributed by atoms with Crippen LogP contribution in [0.5, 0.6) is 17.2 Å². The van der Waals surface area contributed by atoms with Crippen molar-refractivity contribution in [1.29, 1.82) is 0 Å². The smallest absolute Gasteiger partial charge is 0.341 e. The van der Waals surface area contributed by atoms with Gasteiger partial charge in [-0.25, -0.2) is 4.79 Å². The molecule has 2 aliphatic rings. The van der Waals surface area contributed by atoms with E-state index in [1.807, 2.05) is 48.6 Å². The SMILES string of the molecule is C=C.C=CC12CC1(C)C=CC(COc1ccc(OCc3ccc(OCC(=O)O)cc3)cc1)=N2. The van der Waals surface area contributed by atoms with Gasteiger partial charge in [-0.05, 0) is 54.5 Å². The molecule has 4 rings (SSSR count). The van der Waals surface area contributed by atoms with E-state index in [-0.39, 0.29) is 17.6 Å². The van der Waals surface area contributed by atoms with E-state index in [4.69, 9.17) is 24.3 Å². The molecule has 0 bridgehead atoms. The lowest BCUT2D eigenvalue weighted by molar-refractivity contribution is -0.139. The van der Waals surface area contributed by atoms with Gasteiger partial charge in [0.2, 0.25) is 0 Å². The lowest BCUT2D eigenvalue weighted by atomic mass is 9.98. The first-order valence-corrected chi connectivity index (χ1v) is 10.6. The van der Waals surface area contributed by atoms with Crippen molar-refractivity contribution in [2.45, 2.75) is 25.5 Å². The Hall–Kier alpha value is -3.80. The van der Waals surface area contributed by atoms with Crippen LogP contribution in [0.2, 0.25) is 0 Å². The number of aliphatic imine (C=N–C) groups is 1. The Bertz CT molecular complexity index is 1040. The van der Waals surface area contributed by atoms with Crippen molar-refractivity contribution in [3.8, 4) is 17.2 Å². The van der Waals surface area contributed by atoms with Crippen LogP contribution < -0.4 is 14.2 Å². The summed E-state index contributed by atoms with van der Waals surface area (Å²) < 4.78 is 16.8. The Balaban J connectivity index is 0.00000149. The predicted octanol–water partition coefficient (Wildman–Crippen LogP) is 5.26. The first kappa shape index (κ1) is 23.9. The van der Waals surface area contributed by atoms with Crippen molar-refractivity contribution < 1.29 is 24.1 Å². The van der Waals surface area contributed by atoms with E-state index < -0.39 is 5.97 Å². The summed E-state index contributed by atoms with van der Waals surface area (Å²) >= 11 is 0. The van der Waals surface area contributed by atoms with Crippen molar-refractivity contribution in [3.05, 3.63) is 92.1 Å². The standard InChI is InChI=1S/C25H25NO5.C2H4/c1-3-25-17-24(25,2)13-12-19(26-25)15-30-22-10-8-21(9-11-22)29-14-18-4-6-20(7-5-18)31-16-23(27)28;1-2/h3-13H,1,14-17H2,2H3,(H,27,28);1-2H2. The first-order chi connectivity index (χ1) is 15.9. The van der Waals surface area contributed by atoms with Crippen LogP contribution in [0.4, 0.5) is 0 Å². The van der Waals surface area contributed by atoms with Crippen LogP contribution in [0, 0.1) is 5.41 Å². The van der Waals surface area contributed by atoms with Gasteiger partial charge in [-0.1, -0.05) is 31.2 Å². The summed E-state index contributed by atoms with van der Waals surface area (Å²) in [6, 6.07) is 14.6. The van der Waals surface area contributed by atoms with Crippen LogP contribution in [0.3, 0.4) is 0 Å². The lowest BCUT2D eigenvalue weighted by Gasteiger charge is -2.18. The van der Waals surface area contributed by atoms with Gasteiger partial charge < -0.3 is 19.3 Å². The van der Waals surface area contributed by atoms with Crippen molar-refractivity contribution in [3.63, 3.8) is 0 Å². The van der Waals surface area contributed by atoms with Crippen LogP contribution in [0.25, 0.3) is 0 Å². The minimum absolute atomic E-state index is 0.114. The van der Waals surface area contributed by atoms with Crippen LogP contribution >= 0.6 is 0 Å². The molecule has 1 aliphatic heterocycles. The van der Waals surface area contributed by atoms with Crippen LogP contribution in [-0.2, 0) is 11.4 Å². The number of carboxylic acids is 1. The molecule has 33 heavy (non-hydrogen) atoms. The normalized spacial score (nSPS) is 22.0. The van der Waals surface area contributed by atoms with Crippen molar-refractivity contribution in [2.24, 2.45) is 10.4 Å². The molecule has 1 heterocycles. The zero-order valence-corrected chi connectivity index (χ0v) is 18.8. The van der Waals surface area contributed by atoms with Crippen LogP contribution in [0.15, 0.2) is 91.5 Å². The lowest BCUT2D eigenvalue weighted by Crippen LogP contribution is -2.21. The molecule has 2 aromatic rings. The molecule has 6 heteroatoms. The van der Waals surface area contributed by atoms with Gasteiger partial charge in [-0.2, -0.15) is 0 Å². The van der Waals surface area contributed by atoms with Gasteiger partial charge in [-0.15, -0.1) is 19.7 Å². The third kappa shape index (κ3) is 5.71. The van der Waals surface area contributed by atoms with Gasteiger partial charge in [-0.3, -0.25) is 4.99 Å². The minimum Gasteiger partial charge on any atom is -0.489 e. The fraction of sp³-hybridized carbons (Fsp3) is 0.259. The molecular weight excluding hydrogens is 418 g/mol. The first-order valence-electron chi connectivity index (χ1n) is 10.6.